The third-order valence-corrected chi connectivity index (χ3v) is 4.22. The van der Waals surface area contributed by atoms with Gasteiger partial charge in [-0.15, -0.1) is 0 Å². The maximum Gasteiger partial charge on any atom is 0.127 e. The second-order valence-corrected chi connectivity index (χ2v) is 7.10. The summed E-state index contributed by atoms with van der Waals surface area (Å²) in [5, 5.41) is 0. The highest BCUT2D eigenvalue weighted by Crippen LogP contribution is 2.38. The van der Waals surface area contributed by atoms with Crippen molar-refractivity contribution >= 4 is 6.29 Å². The summed E-state index contributed by atoms with van der Waals surface area (Å²) in [5.41, 5.74) is -0.0726. The van der Waals surface area contributed by atoms with E-state index in [2.05, 4.69) is 39.5 Å². The second kappa shape index (κ2) is 6.70. The Morgan fingerprint density at radius 3 is 2.44 bits per heavy atom. The fourth-order valence-electron chi connectivity index (χ4n) is 3.32. The molecule has 1 aliphatic carbocycles. The smallest absolute Gasteiger partial charge is 0.127 e. The van der Waals surface area contributed by atoms with Crippen LogP contribution in [0.2, 0.25) is 0 Å². The molecule has 0 aromatic rings. The van der Waals surface area contributed by atoms with Gasteiger partial charge in [-0.2, -0.15) is 0 Å². The molecular weight excluding hydrogens is 222 g/mol. The SMILES string of the molecule is CC(C)CN(CC1(C=O)CCCC(C)C1)C(C)C. The highest BCUT2D eigenvalue weighted by atomic mass is 16.1. The van der Waals surface area contributed by atoms with Crippen molar-refractivity contribution in [2.75, 3.05) is 13.1 Å². The molecule has 0 heterocycles. The molecule has 106 valence electrons. The van der Waals surface area contributed by atoms with Gasteiger partial charge in [0, 0.05) is 24.5 Å². The summed E-state index contributed by atoms with van der Waals surface area (Å²) in [4.78, 5) is 14.1. The second-order valence-electron chi connectivity index (χ2n) is 7.10. The van der Waals surface area contributed by atoms with E-state index in [1.54, 1.807) is 0 Å². The first-order valence-corrected chi connectivity index (χ1v) is 7.59. The third-order valence-electron chi connectivity index (χ3n) is 4.22. The number of rotatable bonds is 6. The van der Waals surface area contributed by atoms with Crippen LogP contribution in [0, 0.1) is 17.3 Å². The molecule has 0 saturated heterocycles. The number of hydrogen-bond acceptors (Lipinski definition) is 2. The zero-order valence-electron chi connectivity index (χ0n) is 12.9. The van der Waals surface area contributed by atoms with Gasteiger partial charge in [-0.3, -0.25) is 4.90 Å². The van der Waals surface area contributed by atoms with Crippen LogP contribution in [0.3, 0.4) is 0 Å². The van der Waals surface area contributed by atoms with Gasteiger partial charge in [-0.25, -0.2) is 0 Å². The zero-order chi connectivity index (χ0) is 13.8. The zero-order valence-corrected chi connectivity index (χ0v) is 12.9. The summed E-state index contributed by atoms with van der Waals surface area (Å²) in [6, 6.07) is 0.529. The van der Waals surface area contributed by atoms with E-state index in [-0.39, 0.29) is 5.41 Å². The van der Waals surface area contributed by atoms with Gasteiger partial charge < -0.3 is 4.79 Å². The van der Waals surface area contributed by atoms with Crippen molar-refractivity contribution < 1.29 is 4.79 Å². The number of carbonyl (C=O) groups is 1. The Morgan fingerprint density at radius 1 is 1.33 bits per heavy atom. The molecule has 2 heteroatoms. The Balaban J connectivity index is 2.72. The van der Waals surface area contributed by atoms with Gasteiger partial charge in [-0.1, -0.05) is 33.6 Å². The predicted octanol–water partition coefficient (Wildman–Crippen LogP) is 3.75. The van der Waals surface area contributed by atoms with E-state index in [1.807, 2.05) is 0 Å². The molecule has 18 heavy (non-hydrogen) atoms. The Bertz CT molecular complexity index is 262. The van der Waals surface area contributed by atoms with Crippen molar-refractivity contribution in [1.29, 1.82) is 0 Å². The van der Waals surface area contributed by atoms with Crippen LogP contribution in [0.4, 0.5) is 0 Å². The first-order valence-electron chi connectivity index (χ1n) is 7.59. The molecule has 0 aliphatic heterocycles. The summed E-state index contributed by atoms with van der Waals surface area (Å²) in [6.07, 6.45) is 5.94. The molecule has 1 saturated carbocycles. The largest absolute Gasteiger partial charge is 0.303 e. The molecule has 0 radical (unpaired) electrons. The van der Waals surface area contributed by atoms with Crippen LogP contribution in [0.15, 0.2) is 0 Å². The highest BCUT2D eigenvalue weighted by Gasteiger charge is 2.36. The van der Waals surface area contributed by atoms with Crippen LogP contribution in [-0.2, 0) is 4.79 Å². The van der Waals surface area contributed by atoms with E-state index < -0.39 is 0 Å². The van der Waals surface area contributed by atoms with E-state index in [9.17, 15) is 4.79 Å². The van der Waals surface area contributed by atoms with E-state index >= 15 is 0 Å². The normalized spacial score (nSPS) is 29.2. The van der Waals surface area contributed by atoms with Gasteiger partial charge >= 0.3 is 0 Å². The lowest BCUT2D eigenvalue weighted by Crippen LogP contribution is -2.45. The molecule has 0 amide bonds. The van der Waals surface area contributed by atoms with Gasteiger partial charge in [0.1, 0.15) is 6.29 Å². The van der Waals surface area contributed by atoms with Gasteiger partial charge in [0.05, 0.1) is 0 Å². The lowest BCUT2D eigenvalue weighted by molar-refractivity contribution is -0.120. The van der Waals surface area contributed by atoms with Crippen LogP contribution >= 0.6 is 0 Å². The van der Waals surface area contributed by atoms with Crippen molar-refractivity contribution in [3.8, 4) is 0 Å². The maximum atomic E-state index is 11.6. The molecular formula is C16H31NO. The predicted molar refractivity (Wildman–Crippen MR) is 77.7 cm³/mol. The molecule has 1 fully saturated rings. The number of carbonyl (C=O) groups excluding carboxylic acids is 1. The van der Waals surface area contributed by atoms with E-state index in [1.165, 1.54) is 19.1 Å². The maximum absolute atomic E-state index is 11.6. The highest BCUT2D eigenvalue weighted by molar-refractivity contribution is 5.60. The minimum absolute atomic E-state index is 0.0726. The lowest BCUT2D eigenvalue weighted by Gasteiger charge is -2.41. The topological polar surface area (TPSA) is 20.3 Å². The molecule has 0 bridgehead atoms. The van der Waals surface area contributed by atoms with Crippen molar-refractivity contribution in [3.05, 3.63) is 0 Å². The average molecular weight is 253 g/mol. The molecule has 1 rings (SSSR count). The molecule has 0 aromatic heterocycles. The minimum atomic E-state index is -0.0726. The van der Waals surface area contributed by atoms with Crippen LogP contribution in [-0.4, -0.2) is 30.3 Å². The van der Waals surface area contributed by atoms with Gasteiger partial charge in [0.15, 0.2) is 0 Å². The van der Waals surface area contributed by atoms with Crippen LogP contribution < -0.4 is 0 Å². The molecule has 2 nitrogen and oxygen atoms in total. The quantitative estimate of drug-likeness (QED) is 0.672. The summed E-state index contributed by atoms with van der Waals surface area (Å²) in [7, 11) is 0. The first-order chi connectivity index (χ1) is 8.38. The molecule has 0 aromatic carbocycles. The van der Waals surface area contributed by atoms with E-state index in [4.69, 9.17) is 0 Å². The Labute approximate surface area is 113 Å². The van der Waals surface area contributed by atoms with Crippen molar-refractivity contribution in [3.63, 3.8) is 0 Å². The summed E-state index contributed by atoms with van der Waals surface area (Å²) in [5.74, 6) is 1.37. The van der Waals surface area contributed by atoms with E-state index in [0.717, 1.165) is 25.9 Å². The number of hydrogen-bond donors (Lipinski definition) is 0. The van der Waals surface area contributed by atoms with Crippen molar-refractivity contribution in [2.45, 2.75) is 66.3 Å². The summed E-state index contributed by atoms with van der Waals surface area (Å²) in [6.45, 7) is 13.3. The number of aldehydes is 1. The molecule has 0 N–H and O–H groups in total. The summed E-state index contributed by atoms with van der Waals surface area (Å²) >= 11 is 0. The molecule has 0 spiro atoms. The average Bonchev–Trinajstić information content (AvgIpc) is 2.27. The first kappa shape index (κ1) is 15.7. The Morgan fingerprint density at radius 2 is 2.00 bits per heavy atom. The van der Waals surface area contributed by atoms with Crippen molar-refractivity contribution in [1.82, 2.24) is 4.90 Å². The minimum Gasteiger partial charge on any atom is -0.303 e. The van der Waals surface area contributed by atoms with Gasteiger partial charge in [0.2, 0.25) is 0 Å². The third kappa shape index (κ3) is 4.38. The van der Waals surface area contributed by atoms with Gasteiger partial charge in [-0.05, 0) is 38.5 Å². The monoisotopic (exact) mass is 253 g/mol. The fourth-order valence-corrected chi connectivity index (χ4v) is 3.32. The number of nitrogens with zero attached hydrogens (tertiary/aromatic N) is 1. The lowest BCUT2D eigenvalue weighted by atomic mass is 9.70. The van der Waals surface area contributed by atoms with Gasteiger partial charge in [0.25, 0.3) is 0 Å². The molecule has 1 aliphatic rings. The van der Waals surface area contributed by atoms with Crippen LogP contribution in [0.25, 0.3) is 0 Å². The van der Waals surface area contributed by atoms with Crippen molar-refractivity contribution in [2.24, 2.45) is 17.3 Å². The van der Waals surface area contributed by atoms with Crippen LogP contribution in [0.5, 0.6) is 0 Å². The van der Waals surface area contributed by atoms with Crippen LogP contribution in [0.1, 0.15) is 60.3 Å². The Hall–Kier alpha value is -0.370. The molecule has 2 unspecified atom stereocenters. The standard InChI is InChI=1S/C16H31NO/c1-13(2)10-17(14(3)4)11-16(12-18)8-6-7-15(5)9-16/h12-15H,6-11H2,1-5H3. The fraction of sp³-hybridized carbons (Fsp3) is 0.938. The summed E-state index contributed by atoms with van der Waals surface area (Å²) < 4.78 is 0. The Kier molecular flexibility index (Phi) is 5.84. The van der Waals surface area contributed by atoms with E-state index in [0.29, 0.717) is 17.9 Å². The molecule has 2 atom stereocenters.